The standard InChI is InChI=1S/C20H19F7O2/c1-2-3-4-5-13-10-17(21)16(18(22)11-13)12-28-15-8-6-14(7-9-15)19(23,24)29-20(25,26)27/h6-11H,2-5,12H2,1H3. The van der Waals surface area contributed by atoms with Crippen LogP contribution in [0.1, 0.15) is 42.9 Å². The summed E-state index contributed by atoms with van der Waals surface area (Å²) in [7, 11) is 0. The molecule has 0 unspecified atom stereocenters. The van der Waals surface area contributed by atoms with E-state index in [1.54, 1.807) is 0 Å². The van der Waals surface area contributed by atoms with E-state index in [0.717, 1.165) is 31.4 Å². The van der Waals surface area contributed by atoms with Crippen molar-refractivity contribution < 1.29 is 40.2 Å². The zero-order chi connectivity index (χ0) is 21.7. The van der Waals surface area contributed by atoms with Gasteiger partial charge in [0.25, 0.3) is 0 Å². The first kappa shape index (κ1) is 23.0. The van der Waals surface area contributed by atoms with Crippen LogP contribution in [0.5, 0.6) is 5.75 Å². The highest BCUT2D eigenvalue weighted by Gasteiger charge is 2.46. The summed E-state index contributed by atoms with van der Waals surface area (Å²) < 4.78 is 99.1. The molecule has 2 rings (SSSR count). The Kier molecular flexibility index (Phi) is 7.51. The van der Waals surface area contributed by atoms with Gasteiger partial charge in [0.05, 0.1) is 11.1 Å². The molecule has 160 valence electrons. The number of ether oxygens (including phenoxy) is 2. The number of alkyl halides is 5. The Bertz CT molecular complexity index is 778. The topological polar surface area (TPSA) is 18.5 Å². The summed E-state index contributed by atoms with van der Waals surface area (Å²) in [5.41, 5.74) is -0.858. The molecule has 0 radical (unpaired) electrons. The summed E-state index contributed by atoms with van der Waals surface area (Å²) in [6.45, 7) is 1.50. The molecule has 2 nitrogen and oxygen atoms in total. The van der Waals surface area contributed by atoms with Crippen molar-refractivity contribution >= 4 is 0 Å². The zero-order valence-electron chi connectivity index (χ0n) is 15.5. The largest absolute Gasteiger partial charge is 0.527 e. The van der Waals surface area contributed by atoms with Gasteiger partial charge in [-0.25, -0.2) is 13.5 Å². The van der Waals surface area contributed by atoms with Gasteiger partial charge in [-0.3, -0.25) is 0 Å². The average Bonchev–Trinajstić information content (AvgIpc) is 2.59. The third kappa shape index (κ3) is 6.92. The molecule has 0 bridgehead atoms. The highest BCUT2D eigenvalue weighted by molar-refractivity contribution is 5.30. The lowest BCUT2D eigenvalue weighted by molar-refractivity contribution is -0.431. The molecule has 2 aromatic rings. The molecule has 0 aromatic heterocycles. The SMILES string of the molecule is CCCCCc1cc(F)c(COc2ccc(C(F)(F)OC(F)(F)F)cc2)c(F)c1. The molecule has 29 heavy (non-hydrogen) atoms. The molecule has 9 heteroatoms. The van der Waals surface area contributed by atoms with Crippen LogP contribution in [-0.4, -0.2) is 6.36 Å². The zero-order valence-corrected chi connectivity index (χ0v) is 15.5. The number of hydrogen-bond donors (Lipinski definition) is 0. The van der Waals surface area contributed by atoms with E-state index in [1.807, 2.05) is 6.92 Å². The molecule has 0 fully saturated rings. The number of benzene rings is 2. The van der Waals surface area contributed by atoms with Crippen LogP contribution >= 0.6 is 0 Å². The minimum Gasteiger partial charge on any atom is -0.489 e. The Morgan fingerprint density at radius 1 is 0.862 bits per heavy atom. The molecule has 0 amide bonds. The number of aryl methyl sites for hydroxylation is 1. The normalized spacial score (nSPS) is 12.3. The van der Waals surface area contributed by atoms with E-state index >= 15 is 0 Å². The van der Waals surface area contributed by atoms with Crippen LogP contribution in [-0.2, 0) is 23.9 Å². The van der Waals surface area contributed by atoms with Crippen molar-refractivity contribution in [3.63, 3.8) is 0 Å². The van der Waals surface area contributed by atoms with Crippen LogP contribution in [0.15, 0.2) is 36.4 Å². The van der Waals surface area contributed by atoms with Crippen LogP contribution in [0.2, 0.25) is 0 Å². The van der Waals surface area contributed by atoms with Gasteiger partial charge in [0.15, 0.2) is 0 Å². The molecule has 0 aliphatic heterocycles. The minimum atomic E-state index is -5.52. The molecule has 0 saturated heterocycles. The van der Waals surface area contributed by atoms with Gasteiger partial charge in [0.1, 0.15) is 24.0 Å². The van der Waals surface area contributed by atoms with Crippen LogP contribution in [0, 0.1) is 11.6 Å². The van der Waals surface area contributed by atoms with Crippen molar-refractivity contribution in [3.05, 3.63) is 64.7 Å². The van der Waals surface area contributed by atoms with E-state index in [0.29, 0.717) is 24.1 Å². The number of unbranched alkanes of at least 4 members (excludes halogenated alkanes) is 2. The van der Waals surface area contributed by atoms with Gasteiger partial charge < -0.3 is 4.74 Å². The maximum absolute atomic E-state index is 14.2. The van der Waals surface area contributed by atoms with E-state index in [4.69, 9.17) is 4.74 Å². The first-order valence-corrected chi connectivity index (χ1v) is 8.86. The number of hydrogen-bond acceptors (Lipinski definition) is 2. The van der Waals surface area contributed by atoms with Crippen molar-refractivity contribution in [2.75, 3.05) is 0 Å². The fourth-order valence-corrected chi connectivity index (χ4v) is 2.62. The Labute approximate surface area is 163 Å². The van der Waals surface area contributed by atoms with E-state index in [1.165, 1.54) is 12.1 Å². The smallest absolute Gasteiger partial charge is 0.489 e. The molecule has 0 N–H and O–H groups in total. The minimum absolute atomic E-state index is 0.0534. The molecule has 0 aliphatic rings. The van der Waals surface area contributed by atoms with Gasteiger partial charge in [-0.15, -0.1) is 13.2 Å². The lowest BCUT2D eigenvalue weighted by atomic mass is 10.0. The van der Waals surface area contributed by atoms with Gasteiger partial charge in [0, 0.05) is 0 Å². The predicted octanol–water partition coefficient (Wildman–Crippen LogP) is 6.86. The number of rotatable bonds is 9. The Morgan fingerprint density at radius 3 is 1.97 bits per heavy atom. The fourth-order valence-electron chi connectivity index (χ4n) is 2.62. The second-order valence-corrected chi connectivity index (χ2v) is 6.37. The third-order valence-corrected chi connectivity index (χ3v) is 4.09. The van der Waals surface area contributed by atoms with E-state index in [9.17, 15) is 30.7 Å². The van der Waals surface area contributed by atoms with Gasteiger partial charge in [0.2, 0.25) is 0 Å². The van der Waals surface area contributed by atoms with Gasteiger partial charge in [-0.1, -0.05) is 19.8 Å². The maximum atomic E-state index is 14.2. The van der Waals surface area contributed by atoms with Crippen LogP contribution in [0.3, 0.4) is 0 Å². The van der Waals surface area contributed by atoms with E-state index < -0.39 is 36.3 Å². The van der Waals surface area contributed by atoms with Crippen LogP contribution < -0.4 is 4.74 Å². The molecular weight excluding hydrogens is 405 g/mol. The molecule has 0 aliphatic carbocycles. The van der Waals surface area contributed by atoms with Crippen molar-refractivity contribution in [2.45, 2.75) is 51.7 Å². The molecule has 0 spiro atoms. The quantitative estimate of drug-likeness (QED) is 0.323. The highest BCUT2D eigenvalue weighted by atomic mass is 19.4. The summed E-state index contributed by atoms with van der Waals surface area (Å²) in [4.78, 5) is 0. The molecule has 0 heterocycles. The highest BCUT2D eigenvalue weighted by Crippen LogP contribution is 2.36. The Morgan fingerprint density at radius 2 is 1.45 bits per heavy atom. The Hall–Kier alpha value is -2.29. The predicted molar refractivity (Wildman–Crippen MR) is 91.4 cm³/mol. The summed E-state index contributed by atoms with van der Waals surface area (Å²) >= 11 is 0. The molecule has 0 atom stereocenters. The lowest BCUT2D eigenvalue weighted by Crippen LogP contribution is -2.27. The van der Waals surface area contributed by atoms with E-state index in [-0.39, 0.29) is 11.3 Å². The summed E-state index contributed by atoms with van der Waals surface area (Å²) in [6.07, 6.45) is -6.83. The summed E-state index contributed by atoms with van der Waals surface area (Å²) in [5.74, 6) is -1.64. The van der Waals surface area contributed by atoms with Gasteiger partial charge in [-0.2, -0.15) is 8.78 Å². The number of halogens is 7. The molecule has 2 aromatic carbocycles. The van der Waals surface area contributed by atoms with Crippen molar-refractivity contribution in [1.82, 2.24) is 0 Å². The molecular formula is C20H19F7O2. The summed E-state index contributed by atoms with van der Waals surface area (Å²) in [5, 5.41) is 0. The molecule has 0 saturated carbocycles. The maximum Gasteiger partial charge on any atom is 0.527 e. The van der Waals surface area contributed by atoms with Crippen LogP contribution in [0.25, 0.3) is 0 Å². The first-order chi connectivity index (χ1) is 13.5. The van der Waals surface area contributed by atoms with Crippen molar-refractivity contribution in [2.24, 2.45) is 0 Å². The fraction of sp³-hybridized carbons (Fsp3) is 0.400. The second-order valence-electron chi connectivity index (χ2n) is 6.37. The first-order valence-electron chi connectivity index (χ1n) is 8.86. The van der Waals surface area contributed by atoms with Gasteiger partial charge >= 0.3 is 12.5 Å². The lowest BCUT2D eigenvalue weighted by Gasteiger charge is -2.18. The Balaban J connectivity index is 2.03. The van der Waals surface area contributed by atoms with Crippen molar-refractivity contribution in [3.8, 4) is 5.75 Å². The summed E-state index contributed by atoms with van der Waals surface area (Å²) in [6, 6.07) is 5.69. The second kappa shape index (κ2) is 9.47. The average molecular weight is 424 g/mol. The monoisotopic (exact) mass is 424 g/mol. The van der Waals surface area contributed by atoms with Crippen molar-refractivity contribution in [1.29, 1.82) is 0 Å². The third-order valence-electron chi connectivity index (χ3n) is 4.09. The van der Waals surface area contributed by atoms with Gasteiger partial charge in [-0.05, 0) is 54.8 Å². The van der Waals surface area contributed by atoms with Crippen LogP contribution in [0.4, 0.5) is 30.7 Å². The van der Waals surface area contributed by atoms with E-state index in [2.05, 4.69) is 4.74 Å².